The maximum atomic E-state index is 12.8. The molecule has 0 aliphatic carbocycles. The average molecular weight is 522 g/mol. The summed E-state index contributed by atoms with van der Waals surface area (Å²) in [5.41, 5.74) is -1.04. The predicted molar refractivity (Wildman–Crippen MR) is 112 cm³/mol. The monoisotopic (exact) mass is 522 g/mol. The van der Waals surface area contributed by atoms with Crippen LogP contribution in [-0.4, -0.2) is 39.8 Å². The Morgan fingerprint density at radius 1 is 1.26 bits per heavy atom. The van der Waals surface area contributed by atoms with Crippen molar-refractivity contribution in [2.75, 3.05) is 19.8 Å². The number of hydrogen-bond acceptors (Lipinski definition) is 3. The molecule has 0 saturated heterocycles. The van der Waals surface area contributed by atoms with Gasteiger partial charge in [0.25, 0.3) is 0 Å². The van der Waals surface area contributed by atoms with Crippen molar-refractivity contribution in [3.05, 3.63) is 35.4 Å². The Kier molecular flexibility index (Phi) is 9.52. The van der Waals surface area contributed by atoms with E-state index < -0.39 is 33.3 Å². The highest BCUT2D eigenvalue weighted by molar-refractivity contribution is 14.0. The number of halogens is 4. The summed E-state index contributed by atoms with van der Waals surface area (Å²) in [5, 5.41) is 5.96. The van der Waals surface area contributed by atoms with Gasteiger partial charge in [0.2, 0.25) is 10.0 Å². The van der Waals surface area contributed by atoms with Gasteiger partial charge in [-0.15, -0.1) is 24.0 Å². The Bertz CT molecular complexity index is 752. The van der Waals surface area contributed by atoms with E-state index in [4.69, 9.17) is 0 Å². The van der Waals surface area contributed by atoms with Crippen molar-refractivity contribution in [1.29, 1.82) is 0 Å². The molecule has 156 valence electrons. The molecule has 0 bridgehead atoms. The molecule has 0 heterocycles. The zero-order valence-electron chi connectivity index (χ0n) is 15.8. The highest BCUT2D eigenvalue weighted by Crippen LogP contribution is 2.30. The van der Waals surface area contributed by atoms with Gasteiger partial charge in [-0.05, 0) is 38.5 Å². The molecule has 1 aromatic carbocycles. The van der Waals surface area contributed by atoms with Crippen molar-refractivity contribution in [3.8, 4) is 0 Å². The average Bonchev–Trinajstić information content (AvgIpc) is 2.48. The Hall–Kier alpha value is -1.08. The number of aliphatic imine (C=N–C) groups is 1. The number of guanidine groups is 1. The van der Waals surface area contributed by atoms with Crippen LogP contribution in [0.4, 0.5) is 13.2 Å². The summed E-state index contributed by atoms with van der Waals surface area (Å²) in [7, 11) is -1.86. The topological polar surface area (TPSA) is 82.6 Å². The van der Waals surface area contributed by atoms with Crippen molar-refractivity contribution >= 4 is 40.0 Å². The van der Waals surface area contributed by atoms with Gasteiger partial charge in [-0.1, -0.05) is 12.1 Å². The summed E-state index contributed by atoms with van der Waals surface area (Å²) in [6.07, 6.45) is -3.34. The van der Waals surface area contributed by atoms with E-state index in [-0.39, 0.29) is 30.5 Å². The van der Waals surface area contributed by atoms with Crippen LogP contribution in [0.25, 0.3) is 0 Å². The zero-order valence-corrected chi connectivity index (χ0v) is 19.0. The molecule has 1 unspecified atom stereocenters. The fraction of sp³-hybridized carbons (Fsp3) is 0.562. The lowest BCUT2D eigenvalue weighted by Crippen LogP contribution is -2.53. The molecule has 0 spiro atoms. The molecule has 0 radical (unpaired) electrons. The van der Waals surface area contributed by atoms with E-state index in [2.05, 4.69) is 20.3 Å². The van der Waals surface area contributed by atoms with Crippen molar-refractivity contribution in [2.24, 2.45) is 4.99 Å². The molecule has 1 rings (SSSR count). The second-order valence-electron chi connectivity index (χ2n) is 6.67. The van der Waals surface area contributed by atoms with E-state index >= 15 is 0 Å². The van der Waals surface area contributed by atoms with E-state index in [0.29, 0.717) is 11.5 Å². The van der Waals surface area contributed by atoms with Crippen LogP contribution >= 0.6 is 24.0 Å². The molecule has 6 nitrogen and oxygen atoms in total. The molecule has 11 heteroatoms. The van der Waals surface area contributed by atoms with Gasteiger partial charge in [-0.25, -0.2) is 13.1 Å². The Labute approximate surface area is 175 Å². The molecule has 27 heavy (non-hydrogen) atoms. The Balaban J connectivity index is 0.00000676. The fourth-order valence-electron chi connectivity index (χ4n) is 2.31. The quantitative estimate of drug-likeness (QED) is 0.305. The third-order valence-electron chi connectivity index (χ3n) is 3.45. The minimum atomic E-state index is -4.41. The van der Waals surface area contributed by atoms with Gasteiger partial charge in [0.05, 0.1) is 17.9 Å². The lowest BCUT2D eigenvalue weighted by atomic mass is 10.0. The first kappa shape index (κ1) is 25.9. The third-order valence-corrected chi connectivity index (χ3v) is 4.37. The Morgan fingerprint density at radius 2 is 1.85 bits per heavy atom. The van der Waals surface area contributed by atoms with Crippen molar-refractivity contribution < 1.29 is 21.6 Å². The summed E-state index contributed by atoms with van der Waals surface area (Å²) in [6.45, 7) is 5.34. The largest absolute Gasteiger partial charge is 0.416 e. The van der Waals surface area contributed by atoms with Crippen molar-refractivity contribution in [3.63, 3.8) is 0 Å². The van der Waals surface area contributed by atoms with E-state index in [1.807, 2.05) is 0 Å². The molecule has 0 saturated carbocycles. The summed E-state index contributed by atoms with van der Waals surface area (Å²) in [6, 6.07) is 4.61. The van der Waals surface area contributed by atoms with Crippen LogP contribution in [0.15, 0.2) is 29.3 Å². The maximum Gasteiger partial charge on any atom is 0.416 e. The molecule has 1 atom stereocenters. The standard InChI is InChI=1S/C16H25F3N4O2S.HI/c1-11(12-7-6-8-13(9-12)16(17,18)19)22-14(20-4)21-10-15(2,3)23-26(5,24)25;/h6-9,11,23H,10H2,1-5H3,(H2,20,21,22);1H. The summed E-state index contributed by atoms with van der Waals surface area (Å²) in [5.74, 6) is 0.346. The normalized spacial score (nSPS) is 14.3. The second kappa shape index (κ2) is 9.92. The first-order valence-electron chi connectivity index (χ1n) is 7.87. The number of nitrogens with one attached hydrogen (secondary N) is 3. The van der Waals surface area contributed by atoms with Crippen LogP contribution in [-0.2, 0) is 16.2 Å². The van der Waals surface area contributed by atoms with Crippen LogP contribution in [0.3, 0.4) is 0 Å². The minimum absolute atomic E-state index is 0. The maximum absolute atomic E-state index is 12.8. The van der Waals surface area contributed by atoms with Crippen molar-refractivity contribution in [1.82, 2.24) is 15.4 Å². The number of rotatable bonds is 6. The summed E-state index contributed by atoms with van der Waals surface area (Å²) < 4.78 is 63.7. The highest BCUT2D eigenvalue weighted by Gasteiger charge is 2.30. The zero-order chi connectivity index (χ0) is 20.2. The number of sulfonamides is 1. The fourth-order valence-corrected chi connectivity index (χ4v) is 3.39. The lowest BCUT2D eigenvalue weighted by molar-refractivity contribution is -0.137. The third kappa shape index (κ3) is 9.60. The van der Waals surface area contributed by atoms with Gasteiger partial charge < -0.3 is 10.6 Å². The first-order valence-corrected chi connectivity index (χ1v) is 9.76. The number of nitrogens with zero attached hydrogens (tertiary/aromatic N) is 1. The first-order chi connectivity index (χ1) is 11.7. The van der Waals surface area contributed by atoms with E-state index in [1.165, 1.54) is 13.1 Å². The van der Waals surface area contributed by atoms with Gasteiger partial charge in [0.1, 0.15) is 0 Å². The molecule has 0 aliphatic rings. The molecule has 3 N–H and O–H groups in total. The molecule has 0 aliphatic heterocycles. The molecular formula is C16H26F3IN4O2S. The van der Waals surface area contributed by atoms with Crippen LogP contribution in [0.5, 0.6) is 0 Å². The molecule has 0 fully saturated rings. The molecule has 0 amide bonds. The number of hydrogen-bond donors (Lipinski definition) is 3. The molecule has 1 aromatic rings. The second-order valence-corrected chi connectivity index (χ2v) is 8.42. The van der Waals surface area contributed by atoms with Crippen LogP contribution < -0.4 is 15.4 Å². The Morgan fingerprint density at radius 3 is 2.33 bits per heavy atom. The number of alkyl halides is 3. The predicted octanol–water partition coefficient (Wildman–Crippen LogP) is 2.88. The lowest BCUT2D eigenvalue weighted by Gasteiger charge is -2.27. The minimum Gasteiger partial charge on any atom is -0.355 e. The SMILES string of the molecule is CN=C(NCC(C)(C)NS(C)(=O)=O)NC(C)c1cccc(C(F)(F)F)c1.I. The number of benzene rings is 1. The van der Waals surface area contributed by atoms with Gasteiger partial charge in [0, 0.05) is 19.1 Å². The highest BCUT2D eigenvalue weighted by atomic mass is 127. The van der Waals surface area contributed by atoms with E-state index in [9.17, 15) is 21.6 Å². The van der Waals surface area contributed by atoms with E-state index in [1.54, 1.807) is 26.8 Å². The van der Waals surface area contributed by atoms with Gasteiger partial charge in [-0.3, -0.25) is 4.99 Å². The summed E-state index contributed by atoms with van der Waals surface area (Å²) in [4.78, 5) is 4.02. The summed E-state index contributed by atoms with van der Waals surface area (Å²) >= 11 is 0. The van der Waals surface area contributed by atoms with Crippen LogP contribution in [0.2, 0.25) is 0 Å². The molecular weight excluding hydrogens is 496 g/mol. The van der Waals surface area contributed by atoms with Crippen LogP contribution in [0, 0.1) is 0 Å². The van der Waals surface area contributed by atoms with Crippen molar-refractivity contribution in [2.45, 2.75) is 38.5 Å². The van der Waals surface area contributed by atoms with Gasteiger partial charge >= 0.3 is 6.18 Å². The van der Waals surface area contributed by atoms with E-state index in [0.717, 1.165) is 18.4 Å². The van der Waals surface area contributed by atoms with Gasteiger partial charge in [-0.2, -0.15) is 13.2 Å². The molecule has 0 aromatic heterocycles. The smallest absolute Gasteiger partial charge is 0.355 e. The van der Waals surface area contributed by atoms with Gasteiger partial charge in [0.15, 0.2) is 5.96 Å². The van der Waals surface area contributed by atoms with Crippen LogP contribution in [0.1, 0.15) is 37.9 Å².